The van der Waals surface area contributed by atoms with Crippen molar-refractivity contribution in [2.24, 2.45) is 0 Å². The molecule has 144 valence electrons. The van der Waals surface area contributed by atoms with E-state index in [2.05, 4.69) is 32.9 Å². The molecule has 1 amide bonds. The molecule has 1 atom stereocenters. The second kappa shape index (κ2) is 6.48. The van der Waals surface area contributed by atoms with E-state index in [1.807, 2.05) is 29.2 Å². The van der Waals surface area contributed by atoms with Crippen LogP contribution in [-0.2, 0) is 10.2 Å². The van der Waals surface area contributed by atoms with E-state index in [0.717, 1.165) is 29.0 Å². The molecule has 0 bridgehead atoms. The van der Waals surface area contributed by atoms with Gasteiger partial charge in [-0.15, -0.1) is 0 Å². The molecule has 0 saturated carbocycles. The molecule has 0 aromatic heterocycles. The predicted molar refractivity (Wildman–Crippen MR) is 109 cm³/mol. The van der Waals surface area contributed by atoms with Gasteiger partial charge in [-0.1, -0.05) is 19.1 Å². The summed E-state index contributed by atoms with van der Waals surface area (Å²) < 4.78 is 10.7. The predicted octanol–water partition coefficient (Wildman–Crippen LogP) is 4.13. The van der Waals surface area contributed by atoms with Gasteiger partial charge in [-0.05, 0) is 49.6 Å². The molecule has 0 spiro atoms. The van der Waals surface area contributed by atoms with Crippen LogP contribution in [0.25, 0.3) is 0 Å². The third-order valence-corrected chi connectivity index (χ3v) is 5.62. The van der Waals surface area contributed by atoms with Crippen molar-refractivity contribution in [3.63, 3.8) is 0 Å². The van der Waals surface area contributed by atoms with Crippen LogP contribution < -0.4 is 20.1 Å². The zero-order valence-corrected chi connectivity index (χ0v) is 16.9. The lowest BCUT2D eigenvalue weighted by Gasteiger charge is -2.51. The smallest absolute Gasteiger partial charge is 0.224 e. The number of hydrogen-bond donors (Lipinski definition) is 1. The monoisotopic (exact) mass is 368 g/mol. The Kier molecular flexibility index (Phi) is 4.58. The van der Waals surface area contributed by atoms with Gasteiger partial charge >= 0.3 is 0 Å². The number of ether oxygens (including phenoxy) is 2. The van der Waals surface area contributed by atoms with Crippen LogP contribution in [0.5, 0.6) is 11.5 Å². The minimum Gasteiger partial charge on any atom is -0.497 e. The zero-order valence-electron chi connectivity index (χ0n) is 16.9. The van der Waals surface area contributed by atoms with Crippen molar-refractivity contribution in [3.8, 4) is 11.5 Å². The third-order valence-electron chi connectivity index (χ3n) is 5.62. The second-order valence-corrected chi connectivity index (χ2v) is 8.02. The Balaban J connectivity index is 2.29. The topological polar surface area (TPSA) is 64.8 Å². The largest absolute Gasteiger partial charge is 0.497 e. The van der Waals surface area contributed by atoms with Crippen LogP contribution in [0.15, 0.2) is 36.4 Å². The quantitative estimate of drug-likeness (QED) is 0.828. The van der Waals surface area contributed by atoms with E-state index in [1.54, 1.807) is 21.1 Å². The summed E-state index contributed by atoms with van der Waals surface area (Å²) >= 11 is 0. The highest BCUT2D eigenvalue weighted by Crippen LogP contribution is 2.52. The van der Waals surface area contributed by atoms with E-state index in [1.165, 1.54) is 0 Å². The lowest BCUT2D eigenvalue weighted by atomic mass is 9.65. The van der Waals surface area contributed by atoms with Gasteiger partial charge in [-0.3, -0.25) is 4.79 Å². The summed E-state index contributed by atoms with van der Waals surface area (Å²) in [5.74, 6) is 1.40. The minimum absolute atomic E-state index is 0.00450. The minimum atomic E-state index is -0.366. The van der Waals surface area contributed by atoms with Crippen molar-refractivity contribution in [2.45, 2.75) is 45.1 Å². The third kappa shape index (κ3) is 3.01. The number of nitrogen functional groups attached to an aromatic ring is 1. The van der Waals surface area contributed by atoms with Gasteiger partial charge in [-0.25, -0.2) is 0 Å². The summed E-state index contributed by atoms with van der Waals surface area (Å²) in [6.07, 6.45) is 0.769. The molecule has 0 radical (unpaired) electrons. The van der Waals surface area contributed by atoms with E-state index in [0.29, 0.717) is 11.4 Å². The molecule has 0 aliphatic carbocycles. The maximum atomic E-state index is 12.5. The fourth-order valence-corrected chi connectivity index (χ4v) is 4.57. The van der Waals surface area contributed by atoms with E-state index in [9.17, 15) is 4.79 Å². The van der Waals surface area contributed by atoms with Crippen LogP contribution in [0.2, 0.25) is 0 Å². The summed E-state index contributed by atoms with van der Waals surface area (Å²) in [5.41, 5.74) is 9.17. The Hall–Kier alpha value is -2.69. The number of rotatable bonds is 3. The van der Waals surface area contributed by atoms with Crippen molar-refractivity contribution in [1.82, 2.24) is 0 Å². The molecule has 3 rings (SSSR count). The number of benzene rings is 2. The van der Waals surface area contributed by atoms with Gasteiger partial charge in [0, 0.05) is 23.9 Å². The van der Waals surface area contributed by atoms with Crippen LogP contribution in [0.3, 0.4) is 0 Å². The molecular weight excluding hydrogens is 340 g/mol. The normalized spacial score (nSPS) is 20.7. The number of carbonyl (C=O) groups excluding carboxylic acids is 1. The molecule has 27 heavy (non-hydrogen) atoms. The molecule has 2 N–H and O–H groups in total. The first-order valence-corrected chi connectivity index (χ1v) is 9.07. The van der Waals surface area contributed by atoms with Crippen LogP contribution in [0.1, 0.15) is 45.2 Å². The highest BCUT2D eigenvalue weighted by atomic mass is 16.5. The molecule has 5 nitrogen and oxygen atoms in total. The molecule has 2 aromatic carbocycles. The van der Waals surface area contributed by atoms with E-state index in [4.69, 9.17) is 15.2 Å². The lowest BCUT2D eigenvalue weighted by Crippen LogP contribution is -2.55. The van der Waals surface area contributed by atoms with Crippen LogP contribution in [0, 0.1) is 0 Å². The van der Waals surface area contributed by atoms with E-state index in [-0.39, 0.29) is 16.9 Å². The molecule has 1 aliphatic heterocycles. The Morgan fingerprint density at radius 3 is 2.22 bits per heavy atom. The Morgan fingerprint density at radius 1 is 1.07 bits per heavy atom. The fraction of sp³-hybridized carbons (Fsp3) is 0.409. The number of fused-ring (bicyclic) bond motifs is 1. The van der Waals surface area contributed by atoms with Crippen molar-refractivity contribution in [3.05, 3.63) is 47.5 Å². The first-order chi connectivity index (χ1) is 12.6. The first-order valence-electron chi connectivity index (χ1n) is 9.07. The average molecular weight is 368 g/mol. The summed E-state index contributed by atoms with van der Waals surface area (Å²) in [6.45, 7) is 8.01. The maximum absolute atomic E-state index is 12.5. The molecular formula is C22H28N2O3. The Morgan fingerprint density at radius 2 is 1.70 bits per heavy atom. The van der Waals surface area contributed by atoms with E-state index < -0.39 is 0 Å². The number of hydrogen-bond acceptors (Lipinski definition) is 4. The number of nitrogens with two attached hydrogens (primary N) is 1. The summed E-state index contributed by atoms with van der Waals surface area (Å²) in [5, 5.41) is 0. The number of carbonyl (C=O) groups is 1. The maximum Gasteiger partial charge on any atom is 0.224 e. The number of nitrogens with zero attached hydrogens (tertiary/aromatic N) is 1. The molecule has 0 saturated heterocycles. The SMILES string of the molecule is COc1ccc(C2(C)CC(C)(C)N(C(C)=O)c3cc(OC)c(N)cc32)cc1. The zero-order chi connectivity index (χ0) is 20.0. The molecule has 1 aliphatic rings. The lowest BCUT2D eigenvalue weighted by molar-refractivity contribution is -0.117. The number of methoxy groups -OCH3 is 2. The van der Waals surface area contributed by atoms with Gasteiger partial charge in [0.15, 0.2) is 0 Å². The van der Waals surface area contributed by atoms with Crippen LogP contribution in [-0.4, -0.2) is 25.7 Å². The average Bonchev–Trinajstić information content (AvgIpc) is 2.61. The van der Waals surface area contributed by atoms with Gasteiger partial charge in [0.25, 0.3) is 0 Å². The van der Waals surface area contributed by atoms with Crippen molar-refractivity contribution < 1.29 is 14.3 Å². The molecule has 5 heteroatoms. The van der Waals surface area contributed by atoms with Crippen LogP contribution >= 0.6 is 0 Å². The van der Waals surface area contributed by atoms with Gasteiger partial charge in [-0.2, -0.15) is 0 Å². The van der Waals surface area contributed by atoms with Crippen molar-refractivity contribution in [2.75, 3.05) is 24.9 Å². The van der Waals surface area contributed by atoms with E-state index >= 15 is 0 Å². The van der Waals surface area contributed by atoms with Crippen molar-refractivity contribution in [1.29, 1.82) is 0 Å². The second-order valence-electron chi connectivity index (χ2n) is 8.02. The molecule has 1 unspecified atom stereocenters. The Bertz CT molecular complexity index is 874. The summed E-state index contributed by atoms with van der Waals surface area (Å²) in [4.78, 5) is 14.4. The molecule has 0 fully saturated rings. The Labute approximate surface area is 161 Å². The summed E-state index contributed by atoms with van der Waals surface area (Å²) in [7, 11) is 3.25. The van der Waals surface area contributed by atoms with Gasteiger partial charge in [0.1, 0.15) is 11.5 Å². The first kappa shape index (κ1) is 19.1. The number of amides is 1. The highest BCUT2D eigenvalue weighted by molar-refractivity contribution is 5.96. The van der Waals surface area contributed by atoms with Crippen LogP contribution in [0.4, 0.5) is 11.4 Å². The standard InChI is InChI=1S/C22H28N2O3/c1-14(25)24-19-12-20(27-6)18(23)11-17(19)22(4,13-21(24,2)3)15-7-9-16(26-5)10-8-15/h7-12H,13,23H2,1-6H3. The van der Waals surface area contributed by atoms with Gasteiger partial charge in [0.05, 0.1) is 25.6 Å². The van der Waals surface area contributed by atoms with Gasteiger partial charge in [0.2, 0.25) is 5.91 Å². The highest BCUT2D eigenvalue weighted by Gasteiger charge is 2.47. The summed E-state index contributed by atoms with van der Waals surface area (Å²) in [6, 6.07) is 11.9. The fourth-order valence-electron chi connectivity index (χ4n) is 4.57. The van der Waals surface area contributed by atoms with Gasteiger partial charge < -0.3 is 20.1 Å². The number of anilines is 2. The molecule has 1 heterocycles. The van der Waals surface area contributed by atoms with Crippen molar-refractivity contribution >= 4 is 17.3 Å². The molecule has 2 aromatic rings.